The molecule has 20 heavy (non-hydrogen) atoms. The summed E-state index contributed by atoms with van der Waals surface area (Å²) in [6.07, 6.45) is 11.1. The summed E-state index contributed by atoms with van der Waals surface area (Å²) in [6, 6.07) is 4.42. The molecule has 2 nitrogen and oxygen atoms in total. The molecule has 1 heterocycles. The van der Waals surface area contributed by atoms with Crippen LogP contribution in [0.25, 0.3) is 0 Å². The van der Waals surface area contributed by atoms with E-state index < -0.39 is 0 Å². The average molecular weight is 270 g/mol. The van der Waals surface area contributed by atoms with Gasteiger partial charge in [-0.3, -0.25) is 4.98 Å². The van der Waals surface area contributed by atoms with Crippen LogP contribution in [0.5, 0.6) is 0 Å². The summed E-state index contributed by atoms with van der Waals surface area (Å²) >= 11 is 0. The van der Waals surface area contributed by atoms with E-state index in [1.165, 1.54) is 43.4 Å². The van der Waals surface area contributed by atoms with Crippen LogP contribution in [0.3, 0.4) is 0 Å². The lowest BCUT2D eigenvalue weighted by molar-refractivity contribution is 0.155. The molecule has 2 N–H and O–H groups in total. The fourth-order valence-corrected chi connectivity index (χ4v) is 5.62. The van der Waals surface area contributed by atoms with Crippen molar-refractivity contribution in [2.24, 2.45) is 29.4 Å². The molecule has 5 unspecified atom stereocenters. The van der Waals surface area contributed by atoms with E-state index >= 15 is 0 Å². The Labute approximate surface area is 122 Å². The normalized spacial score (nSPS) is 42.1. The summed E-state index contributed by atoms with van der Waals surface area (Å²) in [5, 5.41) is 0. The standard InChI is InChI=1S/C18H26N2/c1-2-12-6-7-14(20-11-12)10-18(19)9-13-8-17(18)16-5-3-4-15(13)16/h6-7,11,13,15-17H,2-5,8-10,19H2,1H3. The molecule has 0 spiro atoms. The zero-order chi connectivity index (χ0) is 13.7. The van der Waals surface area contributed by atoms with Gasteiger partial charge in [-0.2, -0.15) is 0 Å². The van der Waals surface area contributed by atoms with Gasteiger partial charge in [-0.15, -0.1) is 0 Å². The molecular weight excluding hydrogens is 244 g/mol. The van der Waals surface area contributed by atoms with Crippen LogP contribution >= 0.6 is 0 Å². The Morgan fingerprint density at radius 1 is 1.30 bits per heavy atom. The number of rotatable bonds is 3. The maximum atomic E-state index is 6.86. The molecule has 1 aromatic heterocycles. The highest BCUT2D eigenvalue weighted by Crippen LogP contribution is 2.62. The van der Waals surface area contributed by atoms with Crippen molar-refractivity contribution < 1.29 is 0 Å². The summed E-state index contributed by atoms with van der Waals surface area (Å²) in [7, 11) is 0. The third-order valence-electron chi connectivity index (χ3n) is 6.49. The van der Waals surface area contributed by atoms with E-state index in [0.29, 0.717) is 0 Å². The second-order valence-electron chi connectivity index (χ2n) is 7.49. The molecule has 0 aromatic carbocycles. The molecule has 2 heteroatoms. The lowest BCUT2D eigenvalue weighted by Gasteiger charge is -2.40. The maximum absolute atomic E-state index is 6.86. The van der Waals surface area contributed by atoms with Gasteiger partial charge in [0.15, 0.2) is 0 Å². The number of pyridine rings is 1. The number of aryl methyl sites for hydroxylation is 1. The second kappa shape index (κ2) is 4.56. The van der Waals surface area contributed by atoms with Crippen LogP contribution in [0.2, 0.25) is 0 Å². The molecule has 3 aliphatic carbocycles. The topological polar surface area (TPSA) is 38.9 Å². The first-order chi connectivity index (χ1) is 9.69. The largest absolute Gasteiger partial charge is 0.324 e. The van der Waals surface area contributed by atoms with Crippen molar-refractivity contribution in [3.8, 4) is 0 Å². The zero-order valence-corrected chi connectivity index (χ0v) is 12.5. The van der Waals surface area contributed by atoms with E-state index in [4.69, 9.17) is 5.73 Å². The van der Waals surface area contributed by atoms with Crippen LogP contribution < -0.4 is 5.73 Å². The minimum absolute atomic E-state index is 0.0386. The molecule has 0 saturated heterocycles. The fraction of sp³-hybridized carbons (Fsp3) is 0.722. The number of hydrogen-bond donors (Lipinski definition) is 1. The van der Waals surface area contributed by atoms with E-state index in [1.807, 2.05) is 6.20 Å². The highest BCUT2D eigenvalue weighted by atomic mass is 14.8. The molecule has 3 aliphatic rings. The third-order valence-corrected chi connectivity index (χ3v) is 6.49. The Hall–Kier alpha value is -0.890. The molecule has 5 atom stereocenters. The van der Waals surface area contributed by atoms with Crippen LogP contribution in [-0.2, 0) is 12.8 Å². The van der Waals surface area contributed by atoms with Crippen molar-refractivity contribution in [2.75, 3.05) is 0 Å². The lowest BCUT2D eigenvalue weighted by Crippen LogP contribution is -2.51. The molecule has 108 valence electrons. The quantitative estimate of drug-likeness (QED) is 0.915. The third kappa shape index (κ3) is 1.84. The summed E-state index contributed by atoms with van der Waals surface area (Å²) in [5.74, 6) is 3.65. The number of nitrogens with zero attached hydrogens (tertiary/aromatic N) is 1. The monoisotopic (exact) mass is 270 g/mol. The maximum Gasteiger partial charge on any atom is 0.0422 e. The Bertz CT molecular complexity index is 495. The SMILES string of the molecule is CCc1ccc(CC2(N)CC3CC2C2CCCC32)nc1. The van der Waals surface area contributed by atoms with Gasteiger partial charge < -0.3 is 5.73 Å². The van der Waals surface area contributed by atoms with Gasteiger partial charge in [-0.25, -0.2) is 0 Å². The highest BCUT2D eigenvalue weighted by molar-refractivity contribution is 5.20. The van der Waals surface area contributed by atoms with Gasteiger partial charge in [0.1, 0.15) is 0 Å². The van der Waals surface area contributed by atoms with Crippen LogP contribution in [0, 0.1) is 23.7 Å². The van der Waals surface area contributed by atoms with Crippen LogP contribution in [0.1, 0.15) is 50.3 Å². The first kappa shape index (κ1) is 12.8. The molecule has 4 rings (SSSR count). The van der Waals surface area contributed by atoms with Gasteiger partial charge >= 0.3 is 0 Å². The van der Waals surface area contributed by atoms with Crippen molar-refractivity contribution >= 4 is 0 Å². The summed E-state index contributed by atoms with van der Waals surface area (Å²) in [6.45, 7) is 2.18. The second-order valence-corrected chi connectivity index (χ2v) is 7.49. The highest BCUT2D eigenvalue weighted by Gasteiger charge is 2.59. The minimum atomic E-state index is 0.0386. The molecule has 3 saturated carbocycles. The molecule has 0 aliphatic heterocycles. The Morgan fingerprint density at radius 2 is 2.15 bits per heavy atom. The molecule has 0 radical (unpaired) electrons. The molecular formula is C18H26N2. The minimum Gasteiger partial charge on any atom is -0.324 e. The summed E-state index contributed by atoms with van der Waals surface area (Å²) in [5.41, 5.74) is 9.42. The van der Waals surface area contributed by atoms with Gasteiger partial charge in [-0.05, 0) is 67.4 Å². The van der Waals surface area contributed by atoms with Gasteiger partial charge in [-0.1, -0.05) is 19.4 Å². The molecule has 2 bridgehead atoms. The van der Waals surface area contributed by atoms with E-state index in [2.05, 4.69) is 24.0 Å². The molecule has 3 fully saturated rings. The first-order valence-electron chi connectivity index (χ1n) is 8.42. The predicted octanol–water partition coefficient (Wildman–Crippen LogP) is 3.34. The van der Waals surface area contributed by atoms with E-state index in [0.717, 1.165) is 36.5 Å². The molecule has 0 amide bonds. The van der Waals surface area contributed by atoms with Crippen molar-refractivity contribution in [1.29, 1.82) is 0 Å². The van der Waals surface area contributed by atoms with Crippen molar-refractivity contribution in [1.82, 2.24) is 4.98 Å². The Kier molecular flexibility index (Phi) is 2.92. The fourth-order valence-electron chi connectivity index (χ4n) is 5.62. The number of nitrogens with two attached hydrogens (primary N) is 1. The Balaban J connectivity index is 1.53. The van der Waals surface area contributed by atoms with Crippen LogP contribution in [0.4, 0.5) is 0 Å². The van der Waals surface area contributed by atoms with Gasteiger partial charge in [0.25, 0.3) is 0 Å². The van der Waals surface area contributed by atoms with Crippen molar-refractivity contribution in [2.45, 2.75) is 57.4 Å². The van der Waals surface area contributed by atoms with Gasteiger partial charge in [0, 0.05) is 23.9 Å². The Morgan fingerprint density at radius 3 is 2.90 bits per heavy atom. The first-order valence-corrected chi connectivity index (χ1v) is 8.42. The number of fused-ring (bicyclic) bond motifs is 5. The number of aromatic nitrogens is 1. The average Bonchev–Trinajstić information content (AvgIpc) is 3.10. The van der Waals surface area contributed by atoms with Gasteiger partial charge in [0.2, 0.25) is 0 Å². The van der Waals surface area contributed by atoms with Gasteiger partial charge in [0.05, 0.1) is 0 Å². The number of hydrogen-bond acceptors (Lipinski definition) is 2. The zero-order valence-electron chi connectivity index (χ0n) is 12.5. The van der Waals surface area contributed by atoms with Crippen LogP contribution in [-0.4, -0.2) is 10.5 Å². The van der Waals surface area contributed by atoms with Crippen molar-refractivity contribution in [3.05, 3.63) is 29.6 Å². The van der Waals surface area contributed by atoms with Crippen molar-refractivity contribution in [3.63, 3.8) is 0 Å². The summed E-state index contributed by atoms with van der Waals surface area (Å²) < 4.78 is 0. The van der Waals surface area contributed by atoms with E-state index in [9.17, 15) is 0 Å². The summed E-state index contributed by atoms with van der Waals surface area (Å²) in [4.78, 5) is 4.65. The van der Waals surface area contributed by atoms with Crippen LogP contribution in [0.15, 0.2) is 18.3 Å². The lowest BCUT2D eigenvalue weighted by atomic mass is 9.69. The smallest absolute Gasteiger partial charge is 0.0422 e. The van der Waals surface area contributed by atoms with E-state index in [-0.39, 0.29) is 5.54 Å². The predicted molar refractivity (Wildman–Crippen MR) is 81.3 cm³/mol. The molecule has 1 aromatic rings. The van der Waals surface area contributed by atoms with E-state index in [1.54, 1.807) is 0 Å².